The molecule has 0 aliphatic rings. The largest absolute Gasteiger partial charge is 0.322 e. The minimum atomic E-state index is -2.62. The van der Waals surface area contributed by atoms with Gasteiger partial charge in [-0.1, -0.05) is 15.9 Å². The van der Waals surface area contributed by atoms with Crippen molar-refractivity contribution < 1.29 is 13.6 Å². The van der Waals surface area contributed by atoms with Gasteiger partial charge in [-0.15, -0.1) is 0 Å². The van der Waals surface area contributed by atoms with Crippen LogP contribution < -0.4 is 5.32 Å². The van der Waals surface area contributed by atoms with Crippen LogP contribution in [-0.4, -0.2) is 16.6 Å². The number of thioether (sulfide) groups is 1. The SMILES string of the molecule is Cc1cc(Br)ccc1NC(=O)c1cccnc1SC(F)F. The lowest BCUT2D eigenvalue weighted by Crippen LogP contribution is -2.14. The molecule has 0 aliphatic carbocycles. The zero-order valence-electron chi connectivity index (χ0n) is 10.9. The third-order valence-electron chi connectivity index (χ3n) is 2.65. The molecule has 0 atom stereocenters. The highest BCUT2D eigenvalue weighted by Crippen LogP contribution is 2.27. The lowest BCUT2D eigenvalue weighted by Gasteiger charge is -2.11. The minimum Gasteiger partial charge on any atom is -0.322 e. The molecular weight excluding hydrogens is 362 g/mol. The second-order valence-electron chi connectivity index (χ2n) is 4.15. The lowest BCUT2D eigenvalue weighted by atomic mass is 10.2. The Balaban J connectivity index is 2.24. The lowest BCUT2D eigenvalue weighted by molar-refractivity contribution is 0.102. The molecular formula is C14H11BrF2N2OS. The Morgan fingerprint density at radius 1 is 1.38 bits per heavy atom. The molecule has 0 bridgehead atoms. The van der Waals surface area contributed by atoms with Gasteiger partial charge in [-0.25, -0.2) is 4.98 Å². The van der Waals surface area contributed by atoms with Gasteiger partial charge in [-0.2, -0.15) is 8.78 Å². The predicted octanol–water partition coefficient (Wildman–Crippen LogP) is 4.72. The van der Waals surface area contributed by atoms with Crippen molar-refractivity contribution in [2.45, 2.75) is 17.7 Å². The number of hydrogen-bond acceptors (Lipinski definition) is 3. The Morgan fingerprint density at radius 2 is 2.14 bits per heavy atom. The van der Waals surface area contributed by atoms with E-state index in [4.69, 9.17) is 0 Å². The first-order chi connectivity index (χ1) is 9.97. The van der Waals surface area contributed by atoms with E-state index < -0.39 is 11.7 Å². The molecule has 3 nitrogen and oxygen atoms in total. The van der Waals surface area contributed by atoms with Crippen molar-refractivity contribution in [2.75, 3.05) is 5.32 Å². The number of aryl methyl sites for hydroxylation is 1. The van der Waals surface area contributed by atoms with Crippen molar-refractivity contribution in [3.8, 4) is 0 Å². The summed E-state index contributed by atoms with van der Waals surface area (Å²) in [7, 11) is 0. The number of amides is 1. The van der Waals surface area contributed by atoms with E-state index in [1.165, 1.54) is 12.3 Å². The summed E-state index contributed by atoms with van der Waals surface area (Å²) in [6.07, 6.45) is 1.38. The number of alkyl halides is 2. The van der Waals surface area contributed by atoms with Gasteiger partial charge in [-0.3, -0.25) is 4.79 Å². The number of hydrogen-bond donors (Lipinski definition) is 1. The molecule has 0 spiro atoms. The molecule has 21 heavy (non-hydrogen) atoms. The molecule has 0 radical (unpaired) electrons. The molecule has 110 valence electrons. The van der Waals surface area contributed by atoms with Gasteiger partial charge >= 0.3 is 0 Å². The highest BCUT2D eigenvalue weighted by atomic mass is 79.9. The maximum atomic E-state index is 12.5. The molecule has 2 aromatic rings. The highest BCUT2D eigenvalue weighted by molar-refractivity contribution is 9.10. The Kier molecular flexibility index (Phi) is 5.30. The Hall–Kier alpha value is -1.47. The smallest absolute Gasteiger partial charge is 0.290 e. The number of anilines is 1. The van der Waals surface area contributed by atoms with Gasteiger partial charge < -0.3 is 5.32 Å². The quantitative estimate of drug-likeness (QED) is 0.789. The molecule has 0 unspecified atom stereocenters. The van der Waals surface area contributed by atoms with Gasteiger partial charge in [-0.05, 0) is 54.6 Å². The Bertz CT molecular complexity index is 667. The fourth-order valence-corrected chi connectivity index (χ4v) is 2.75. The molecule has 0 aliphatic heterocycles. The topological polar surface area (TPSA) is 42.0 Å². The van der Waals surface area contributed by atoms with Crippen LogP contribution in [0.25, 0.3) is 0 Å². The number of benzene rings is 1. The molecule has 0 saturated heterocycles. The van der Waals surface area contributed by atoms with Gasteiger partial charge in [0.2, 0.25) is 0 Å². The van der Waals surface area contributed by atoms with E-state index in [0.29, 0.717) is 5.69 Å². The summed E-state index contributed by atoms with van der Waals surface area (Å²) >= 11 is 3.59. The van der Waals surface area contributed by atoms with E-state index in [9.17, 15) is 13.6 Å². The fraction of sp³-hybridized carbons (Fsp3) is 0.143. The average Bonchev–Trinajstić information content (AvgIpc) is 2.42. The molecule has 0 saturated carbocycles. The van der Waals surface area contributed by atoms with Crippen molar-refractivity contribution >= 4 is 39.3 Å². The molecule has 7 heteroatoms. The van der Waals surface area contributed by atoms with E-state index in [1.807, 2.05) is 13.0 Å². The predicted molar refractivity (Wildman–Crippen MR) is 82.9 cm³/mol. The standard InChI is InChI=1S/C14H11BrF2N2OS/c1-8-7-9(15)4-5-11(8)19-12(20)10-3-2-6-18-13(10)21-14(16)17/h2-7,14H,1H3,(H,19,20). The molecule has 1 N–H and O–H groups in total. The fourth-order valence-electron chi connectivity index (χ4n) is 1.70. The number of aromatic nitrogens is 1. The Morgan fingerprint density at radius 3 is 2.81 bits per heavy atom. The zero-order chi connectivity index (χ0) is 15.4. The second-order valence-corrected chi connectivity index (χ2v) is 6.04. The van der Waals surface area contributed by atoms with Crippen molar-refractivity contribution in [3.63, 3.8) is 0 Å². The third-order valence-corrected chi connectivity index (χ3v) is 3.87. The van der Waals surface area contributed by atoms with Crippen LogP contribution in [0.2, 0.25) is 0 Å². The molecule has 2 rings (SSSR count). The van der Waals surface area contributed by atoms with Gasteiger partial charge in [0.1, 0.15) is 5.03 Å². The van der Waals surface area contributed by atoms with E-state index in [2.05, 4.69) is 26.2 Å². The van der Waals surface area contributed by atoms with Crippen LogP contribution in [0.3, 0.4) is 0 Å². The van der Waals surface area contributed by atoms with Crippen molar-refractivity contribution in [1.29, 1.82) is 0 Å². The third kappa shape index (κ3) is 4.25. The van der Waals surface area contributed by atoms with Gasteiger partial charge in [0.05, 0.1) is 5.56 Å². The maximum absolute atomic E-state index is 12.5. The number of halogens is 3. The first-order valence-electron chi connectivity index (χ1n) is 5.94. The molecule has 1 aromatic heterocycles. The van der Waals surface area contributed by atoms with E-state index in [1.54, 1.807) is 18.2 Å². The molecule has 1 heterocycles. The second kappa shape index (κ2) is 7.00. The van der Waals surface area contributed by atoms with Crippen LogP contribution in [0.1, 0.15) is 15.9 Å². The van der Waals surface area contributed by atoms with Crippen LogP contribution >= 0.6 is 27.7 Å². The van der Waals surface area contributed by atoms with Crippen LogP contribution in [0.4, 0.5) is 14.5 Å². The summed E-state index contributed by atoms with van der Waals surface area (Å²) in [5, 5.41) is 2.72. The van der Waals surface area contributed by atoms with Crippen molar-refractivity contribution in [3.05, 3.63) is 52.1 Å². The van der Waals surface area contributed by atoms with Crippen molar-refractivity contribution in [1.82, 2.24) is 4.98 Å². The monoisotopic (exact) mass is 372 g/mol. The normalized spacial score (nSPS) is 10.7. The van der Waals surface area contributed by atoms with Crippen molar-refractivity contribution in [2.24, 2.45) is 0 Å². The summed E-state index contributed by atoms with van der Waals surface area (Å²) in [5.41, 5.74) is 1.62. The van der Waals surface area contributed by atoms with Gasteiger partial charge in [0.15, 0.2) is 0 Å². The number of rotatable bonds is 4. The highest BCUT2D eigenvalue weighted by Gasteiger charge is 2.17. The first-order valence-corrected chi connectivity index (χ1v) is 7.62. The molecule has 0 fully saturated rings. The average molecular weight is 373 g/mol. The number of nitrogens with zero attached hydrogens (tertiary/aromatic N) is 1. The summed E-state index contributed by atoms with van der Waals surface area (Å²) in [4.78, 5) is 16.1. The number of nitrogens with one attached hydrogen (secondary N) is 1. The molecule has 1 amide bonds. The zero-order valence-corrected chi connectivity index (χ0v) is 13.3. The van der Waals surface area contributed by atoms with Crippen LogP contribution in [0.5, 0.6) is 0 Å². The van der Waals surface area contributed by atoms with E-state index in [0.717, 1.165) is 10.0 Å². The van der Waals surface area contributed by atoms with Gasteiger partial charge in [0, 0.05) is 16.4 Å². The van der Waals surface area contributed by atoms with Crippen LogP contribution in [0, 0.1) is 6.92 Å². The maximum Gasteiger partial charge on any atom is 0.290 e. The minimum absolute atomic E-state index is 0.0137. The Labute approximate surface area is 133 Å². The number of pyridine rings is 1. The van der Waals surface area contributed by atoms with Crippen LogP contribution in [-0.2, 0) is 0 Å². The first kappa shape index (κ1) is 15.9. The summed E-state index contributed by atoms with van der Waals surface area (Å²) in [6.45, 7) is 1.85. The summed E-state index contributed by atoms with van der Waals surface area (Å²) in [5.74, 6) is -3.09. The number of carbonyl (C=O) groups is 1. The van der Waals surface area contributed by atoms with E-state index in [-0.39, 0.29) is 22.4 Å². The number of carbonyl (C=O) groups excluding carboxylic acids is 1. The molecule has 1 aromatic carbocycles. The summed E-state index contributed by atoms with van der Waals surface area (Å²) < 4.78 is 25.9. The van der Waals surface area contributed by atoms with E-state index >= 15 is 0 Å². The van der Waals surface area contributed by atoms with Crippen LogP contribution in [0.15, 0.2) is 46.0 Å². The summed E-state index contributed by atoms with van der Waals surface area (Å²) in [6, 6.07) is 8.40. The van der Waals surface area contributed by atoms with Gasteiger partial charge in [0.25, 0.3) is 11.7 Å².